The predicted molar refractivity (Wildman–Crippen MR) is 55.6 cm³/mol. The smallest absolute Gasteiger partial charge is 0.321 e. The highest BCUT2D eigenvalue weighted by Crippen LogP contribution is 2.03. The number of aliphatic hydroxyl groups is 1. The molecule has 0 saturated carbocycles. The zero-order valence-electron chi connectivity index (χ0n) is 8.38. The van der Waals surface area contributed by atoms with E-state index in [4.69, 9.17) is 15.9 Å². The van der Waals surface area contributed by atoms with Crippen LogP contribution >= 0.6 is 11.8 Å². The lowest BCUT2D eigenvalue weighted by molar-refractivity contribution is -0.143. The fourth-order valence-electron chi connectivity index (χ4n) is 0.596. The lowest BCUT2D eigenvalue weighted by Crippen LogP contribution is -2.32. The number of hydrogen-bond donors (Lipinski definition) is 3. The van der Waals surface area contributed by atoms with Gasteiger partial charge in [0.05, 0.1) is 11.9 Å². The SMILES string of the molecule is CC(O)COC(=O)CSC[C@H](N)C(=O)O. The van der Waals surface area contributed by atoms with E-state index in [1.807, 2.05) is 0 Å². The fraction of sp³-hybridized carbons (Fsp3) is 0.750. The molecule has 15 heavy (non-hydrogen) atoms. The summed E-state index contributed by atoms with van der Waals surface area (Å²) in [6.45, 7) is 1.45. The van der Waals surface area contributed by atoms with Gasteiger partial charge in [-0.15, -0.1) is 11.8 Å². The average Bonchev–Trinajstić information content (AvgIpc) is 2.14. The van der Waals surface area contributed by atoms with E-state index in [0.29, 0.717) is 0 Å². The van der Waals surface area contributed by atoms with E-state index in [1.54, 1.807) is 0 Å². The maximum atomic E-state index is 11.0. The molecule has 0 aliphatic heterocycles. The van der Waals surface area contributed by atoms with Gasteiger partial charge in [-0.05, 0) is 6.92 Å². The number of nitrogens with two attached hydrogens (primary N) is 1. The summed E-state index contributed by atoms with van der Waals surface area (Å²) in [6, 6.07) is -0.973. The van der Waals surface area contributed by atoms with Crippen molar-refractivity contribution in [2.45, 2.75) is 19.1 Å². The van der Waals surface area contributed by atoms with E-state index in [0.717, 1.165) is 11.8 Å². The Hall–Kier alpha value is -0.790. The molecule has 0 saturated heterocycles. The number of carbonyl (C=O) groups is 2. The number of thioether (sulfide) groups is 1. The van der Waals surface area contributed by atoms with Crippen molar-refractivity contribution in [1.82, 2.24) is 0 Å². The van der Waals surface area contributed by atoms with Gasteiger partial charge in [-0.1, -0.05) is 0 Å². The first kappa shape index (κ1) is 14.2. The molecule has 0 aromatic rings. The minimum absolute atomic E-state index is 0.0354. The van der Waals surface area contributed by atoms with Crippen LogP contribution in [-0.4, -0.2) is 52.4 Å². The highest BCUT2D eigenvalue weighted by atomic mass is 32.2. The Morgan fingerprint density at radius 2 is 2.13 bits per heavy atom. The van der Waals surface area contributed by atoms with Gasteiger partial charge >= 0.3 is 11.9 Å². The predicted octanol–water partition coefficient (Wildman–Crippen LogP) is -0.944. The number of ether oxygens (including phenoxy) is 1. The first-order valence-electron chi connectivity index (χ1n) is 4.33. The Kier molecular flexibility index (Phi) is 7.10. The summed E-state index contributed by atoms with van der Waals surface area (Å²) in [7, 11) is 0. The van der Waals surface area contributed by atoms with E-state index in [2.05, 4.69) is 4.74 Å². The molecule has 0 aromatic carbocycles. The van der Waals surface area contributed by atoms with Gasteiger partial charge in [-0.3, -0.25) is 9.59 Å². The number of hydrogen-bond acceptors (Lipinski definition) is 6. The van der Waals surface area contributed by atoms with Crippen LogP contribution in [0.4, 0.5) is 0 Å². The third-order valence-electron chi connectivity index (χ3n) is 1.32. The van der Waals surface area contributed by atoms with Crippen LogP contribution in [0, 0.1) is 0 Å². The number of carboxylic acids is 1. The highest BCUT2D eigenvalue weighted by molar-refractivity contribution is 8.00. The second-order valence-corrected chi connectivity index (χ2v) is 4.02. The molecule has 0 aromatic heterocycles. The van der Waals surface area contributed by atoms with Crippen LogP contribution in [0.5, 0.6) is 0 Å². The largest absolute Gasteiger partial charge is 0.480 e. The zero-order chi connectivity index (χ0) is 11.8. The number of aliphatic carboxylic acids is 1. The van der Waals surface area contributed by atoms with Gasteiger partial charge in [-0.2, -0.15) is 0 Å². The van der Waals surface area contributed by atoms with Gasteiger partial charge in [0, 0.05) is 5.75 Å². The van der Waals surface area contributed by atoms with Crippen LogP contribution in [0.1, 0.15) is 6.92 Å². The highest BCUT2D eigenvalue weighted by Gasteiger charge is 2.12. The van der Waals surface area contributed by atoms with Gasteiger partial charge in [-0.25, -0.2) is 0 Å². The molecule has 88 valence electrons. The molecular formula is C8H15NO5S. The normalized spacial score (nSPS) is 14.3. The molecule has 0 aliphatic rings. The van der Waals surface area contributed by atoms with Crippen molar-refractivity contribution in [2.75, 3.05) is 18.1 Å². The molecule has 1 unspecified atom stereocenters. The van der Waals surface area contributed by atoms with Crippen molar-refractivity contribution in [3.8, 4) is 0 Å². The molecule has 0 bridgehead atoms. The lowest BCUT2D eigenvalue weighted by atomic mass is 10.4. The third kappa shape index (κ3) is 8.22. The molecule has 6 nitrogen and oxygen atoms in total. The van der Waals surface area contributed by atoms with Crippen molar-refractivity contribution in [1.29, 1.82) is 0 Å². The molecule has 0 rings (SSSR count). The zero-order valence-corrected chi connectivity index (χ0v) is 9.20. The first-order chi connectivity index (χ1) is 6.93. The van der Waals surface area contributed by atoms with Crippen LogP contribution < -0.4 is 5.73 Å². The Labute approximate surface area is 91.8 Å². The Bertz CT molecular complexity index is 221. The van der Waals surface area contributed by atoms with Gasteiger partial charge in [0.15, 0.2) is 0 Å². The van der Waals surface area contributed by atoms with E-state index in [9.17, 15) is 9.59 Å². The van der Waals surface area contributed by atoms with E-state index in [1.165, 1.54) is 6.92 Å². The maximum absolute atomic E-state index is 11.0. The number of esters is 1. The molecule has 0 fully saturated rings. The lowest BCUT2D eigenvalue weighted by Gasteiger charge is -2.07. The molecule has 0 radical (unpaired) electrons. The molecule has 2 atom stereocenters. The Balaban J connectivity index is 3.51. The summed E-state index contributed by atoms with van der Waals surface area (Å²) in [5.41, 5.74) is 5.21. The number of aliphatic hydroxyl groups excluding tert-OH is 1. The molecule has 0 aliphatic carbocycles. The minimum Gasteiger partial charge on any atom is -0.480 e. The van der Waals surface area contributed by atoms with Crippen molar-refractivity contribution < 1.29 is 24.5 Å². The summed E-state index contributed by atoms with van der Waals surface area (Å²) in [5, 5.41) is 17.2. The standard InChI is InChI=1S/C8H15NO5S/c1-5(10)2-14-7(11)4-15-3-6(9)8(12)13/h5-6,10H,2-4,9H2,1H3,(H,12,13)/t5?,6-/m0/s1. The van der Waals surface area contributed by atoms with Gasteiger partial charge in [0.1, 0.15) is 12.6 Å². The van der Waals surface area contributed by atoms with Crippen molar-refractivity contribution >= 4 is 23.7 Å². The second kappa shape index (κ2) is 7.49. The number of carboxylic acid groups (broad SMARTS) is 1. The van der Waals surface area contributed by atoms with E-state index < -0.39 is 24.1 Å². The van der Waals surface area contributed by atoms with Crippen LogP contribution in [0.25, 0.3) is 0 Å². The quantitative estimate of drug-likeness (QED) is 0.490. The van der Waals surface area contributed by atoms with E-state index in [-0.39, 0.29) is 18.1 Å². The number of rotatable bonds is 7. The first-order valence-corrected chi connectivity index (χ1v) is 5.48. The van der Waals surface area contributed by atoms with Gasteiger partial charge in [0.25, 0.3) is 0 Å². The molecule has 7 heteroatoms. The summed E-state index contributed by atoms with van der Waals surface area (Å²) in [5.74, 6) is -1.40. The summed E-state index contributed by atoms with van der Waals surface area (Å²) >= 11 is 1.09. The van der Waals surface area contributed by atoms with Crippen LogP contribution in [-0.2, 0) is 14.3 Å². The van der Waals surface area contributed by atoms with Gasteiger partial charge in [0.2, 0.25) is 0 Å². The van der Waals surface area contributed by atoms with Crippen molar-refractivity contribution in [3.63, 3.8) is 0 Å². The molecular weight excluding hydrogens is 222 g/mol. The third-order valence-corrected chi connectivity index (χ3v) is 2.35. The van der Waals surface area contributed by atoms with Crippen molar-refractivity contribution in [3.05, 3.63) is 0 Å². The minimum atomic E-state index is -1.10. The van der Waals surface area contributed by atoms with Crippen LogP contribution in [0.3, 0.4) is 0 Å². The monoisotopic (exact) mass is 237 g/mol. The number of carbonyl (C=O) groups excluding carboxylic acids is 1. The molecule has 0 amide bonds. The average molecular weight is 237 g/mol. The van der Waals surface area contributed by atoms with Crippen LogP contribution in [0.2, 0.25) is 0 Å². The summed E-state index contributed by atoms with van der Waals surface area (Å²) in [4.78, 5) is 21.3. The Morgan fingerprint density at radius 1 is 1.53 bits per heavy atom. The van der Waals surface area contributed by atoms with E-state index >= 15 is 0 Å². The molecule has 4 N–H and O–H groups in total. The second-order valence-electron chi connectivity index (χ2n) is 2.99. The molecule has 0 heterocycles. The Morgan fingerprint density at radius 3 is 2.60 bits per heavy atom. The molecule has 0 spiro atoms. The summed E-state index contributed by atoms with van der Waals surface area (Å²) < 4.78 is 4.65. The van der Waals surface area contributed by atoms with Gasteiger partial charge < -0.3 is 20.7 Å². The van der Waals surface area contributed by atoms with Crippen molar-refractivity contribution in [2.24, 2.45) is 5.73 Å². The van der Waals surface area contributed by atoms with Crippen LogP contribution in [0.15, 0.2) is 0 Å². The maximum Gasteiger partial charge on any atom is 0.321 e. The topological polar surface area (TPSA) is 110 Å². The summed E-state index contributed by atoms with van der Waals surface area (Å²) in [6.07, 6.45) is -0.694. The fourth-order valence-corrected chi connectivity index (χ4v) is 1.36.